The van der Waals surface area contributed by atoms with Crippen LogP contribution in [0.4, 0.5) is 8.78 Å². The van der Waals surface area contributed by atoms with Crippen LogP contribution in [-0.4, -0.2) is 38.6 Å². The van der Waals surface area contributed by atoms with Crippen LogP contribution in [0.25, 0.3) is 11.1 Å². The lowest BCUT2D eigenvalue weighted by Crippen LogP contribution is -2.47. The Bertz CT molecular complexity index is 968. The summed E-state index contributed by atoms with van der Waals surface area (Å²) in [5.74, 6) is -1.33. The molecular weight excluding hydrogens is 408 g/mol. The van der Waals surface area contributed by atoms with Crippen molar-refractivity contribution in [2.24, 2.45) is 0 Å². The van der Waals surface area contributed by atoms with Crippen molar-refractivity contribution in [1.29, 1.82) is 0 Å². The van der Waals surface area contributed by atoms with Gasteiger partial charge in [0, 0.05) is 36.8 Å². The van der Waals surface area contributed by atoms with Crippen LogP contribution in [-0.2, 0) is 10.0 Å². The fourth-order valence-electron chi connectivity index (χ4n) is 4.27. The Hall–Kier alpha value is -1.87. The van der Waals surface area contributed by atoms with Crippen LogP contribution < -0.4 is 10.1 Å². The molecule has 1 aliphatic heterocycles. The molecule has 5 nitrogen and oxygen atoms in total. The lowest BCUT2D eigenvalue weighted by molar-refractivity contribution is 0.165. The molecule has 1 saturated carbocycles. The highest BCUT2D eigenvalue weighted by Crippen LogP contribution is 2.26. The van der Waals surface area contributed by atoms with Crippen molar-refractivity contribution in [3.05, 3.63) is 54.1 Å². The first-order chi connectivity index (χ1) is 14.4. The SMILES string of the molecule is O=S(=O)(NC1CCC(NN2CCCC2)CC1)c1ccc(-c2ccc(F)cc2F)cc1. The Morgan fingerprint density at radius 2 is 1.50 bits per heavy atom. The van der Waals surface area contributed by atoms with Crippen LogP contribution in [0.15, 0.2) is 47.4 Å². The average molecular weight is 436 g/mol. The number of hydrogen-bond acceptors (Lipinski definition) is 4. The molecule has 4 rings (SSSR count). The van der Waals surface area contributed by atoms with E-state index in [-0.39, 0.29) is 16.5 Å². The van der Waals surface area contributed by atoms with Crippen LogP contribution in [0.1, 0.15) is 38.5 Å². The summed E-state index contributed by atoms with van der Waals surface area (Å²) in [6.45, 7) is 2.18. The zero-order valence-electron chi connectivity index (χ0n) is 16.8. The molecule has 1 saturated heterocycles. The maximum atomic E-state index is 14.0. The molecule has 0 amide bonds. The van der Waals surface area contributed by atoms with Gasteiger partial charge in [0.25, 0.3) is 0 Å². The monoisotopic (exact) mass is 435 g/mol. The van der Waals surface area contributed by atoms with E-state index >= 15 is 0 Å². The molecular formula is C22H27F2N3O2S. The minimum absolute atomic E-state index is 0.0825. The summed E-state index contributed by atoms with van der Waals surface area (Å²) in [6.07, 6.45) is 5.93. The van der Waals surface area contributed by atoms with E-state index in [2.05, 4.69) is 15.2 Å². The second kappa shape index (κ2) is 9.09. The Morgan fingerprint density at radius 3 is 2.13 bits per heavy atom. The minimum Gasteiger partial charge on any atom is -0.252 e. The second-order valence-electron chi connectivity index (χ2n) is 8.14. The Balaban J connectivity index is 1.35. The Kier molecular flexibility index (Phi) is 6.48. The fourth-order valence-corrected chi connectivity index (χ4v) is 5.57. The molecule has 1 heterocycles. The van der Waals surface area contributed by atoms with Gasteiger partial charge in [-0.2, -0.15) is 0 Å². The topological polar surface area (TPSA) is 61.4 Å². The van der Waals surface area contributed by atoms with E-state index in [1.54, 1.807) is 12.1 Å². The number of halogens is 2. The third-order valence-electron chi connectivity index (χ3n) is 5.93. The maximum Gasteiger partial charge on any atom is 0.240 e. The van der Waals surface area contributed by atoms with E-state index in [1.165, 1.54) is 37.1 Å². The van der Waals surface area contributed by atoms with Gasteiger partial charge >= 0.3 is 0 Å². The second-order valence-corrected chi connectivity index (χ2v) is 9.86. The van der Waals surface area contributed by atoms with Gasteiger partial charge in [0.1, 0.15) is 11.6 Å². The van der Waals surface area contributed by atoms with Crippen molar-refractivity contribution in [2.75, 3.05) is 13.1 Å². The molecule has 1 aliphatic carbocycles. The molecule has 2 fully saturated rings. The zero-order valence-corrected chi connectivity index (χ0v) is 17.6. The van der Waals surface area contributed by atoms with Gasteiger partial charge in [-0.25, -0.2) is 26.9 Å². The van der Waals surface area contributed by atoms with Crippen molar-refractivity contribution in [3.8, 4) is 11.1 Å². The molecule has 8 heteroatoms. The Labute approximate surface area is 176 Å². The van der Waals surface area contributed by atoms with Crippen LogP contribution in [0.5, 0.6) is 0 Å². The standard InChI is InChI=1S/C22H27F2N3O2S/c23-17-5-12-21(22(24)15-17)16-3-10-20(11-4-16)30(28,29)26-19-8-6-18(7-9-19)25-27-13-1-2-14-27/h3-5,10-12,15,18-19,25-26H,1-2,6-9,13-14H2. The number of benzene rings is 2. The van der Waals surface area contributed by atoms with Gasteiger partial charge < -0.3 is 0 Å². The summed E-state index contributed by atoms with van der Waals surface area (Å²) in [6, 6.07) is 9.68. The molecule has 0 atom stereocenters. The van der Waals surface area contributed by atoms with Gasteiger partial charge in [-0.1, -0.05) is 12.1 Å². The van der Waals surface area contributed by atoms with Gasteiger partial charge in [0.05, 0.1) is 4.90 Å². The van der Waals surface area contributed by atoms with Crippen molar-refractivity contribution < 1.29 is 17.2 Å². The molecule has 0 spiro atoms. The summed E-state index contributed by atoms with van der Waals surface area (Å²) < 4.78 is 55.4. The third-order valence-corrected chi connectivity index (χ3v) is 7.46. The van der Waals surface area contributed by atoms with Gasteiger partial charge in [0.15, 0.2) is 0 Å². The van der Waals surface area contributed by atoms with Crippen LogP contribution in [0.3, 0.4) is 0 Å². The summed E-state index contributed by atoms with van der Waals surface area (Å²) in [5, 5.41) is 2.28. The van der Waals surface area contributed by atoms with Crippen LogP contribution in [0.2, 0.25) is 0 Å². The number of rotatable bonds is 6. The highest BCUT2D eigenvalue weighted by atomic mass is 32.2. The van der Waals surface area contributed by atoms with Crippen LogP contribution >= 0.6 is 0 Å². The number of sulfonamides is 1. The molecule has 2 N–H and O–H groups in total. The Morgan fingerprint density at radius 1 is 0.867 bits per heavy atom. The van der Waals surface area contributed by atoms with Gasteiger partial charge in [0.2, 0.25) is 10.0 Å². The van der Waals surface area contributed by atoms with Gasteiger partial charge in [-0.3, -0.25) is 5.43 Å². The maximum absolute atomic E-state index is 14.0. The summed E-state index contributed by atoms with van der Waals surface area (Å²) in [4.78, 5) is 0.145. The lowest BCUT2D eigenvalue weighted by atomic mass is 9.92. The van der Waals surface area contributed by atoms with Crippen LogP contribution in [0, 0.1) is 11.6 Å². The number of hydrogen-bond donors (Lipinski definition) is 2. The van der Waals surface area contributed by atoms with Crippen molar-refractivity contribution >= 4 is 10.0 Å². The number of hydrazine groups is 1. The quantitative estimate of drug-likeness (QED) is 0.724. The average Bonchev–Trinajstić information content (AvgIpc) is 3.23. The van der Waals surface area contributed by atoms with Gasteiger partial charge in [-0.15, -0.1) is 0 Å². The first-order valence-corrected chi connectivity index (χ1v) is 12.0. The first kappa shape index (κ1) is 21.4. The molecule has 0 radical (unpaired) electrons. The summed E-state index contributed by atoms with van der Waals surface area (Å²) in [7, 11) is -3.65. The molecule has 2 aliphatic rings. The third kappa shape index (κ3) is 5.06. The van der Waals surface area contributed by atoms with E-state index in [0.29, 0.717) is 11.6 Å². The molecule has 2 aromatic carbocycles. The zero-order chi connectivity index (χ0) is 21.1. The van der Waals surface area contributed by atoms with E-state index in [1.807, 2.05) is 0 Å². The highest BCUT2D eigenvalue weighted by molar-refractivity contribution is 7.89. The molecule has 0 aromatic heterocycles. The normalized spacial score (nSPS) is 23.0. The van der Waals surface area contributed by atoms with Crippen molar-refractivity contribution in [3.63, 3.8) is 0 Å². The van der Waals surface area contributed by atoms with E-state index in [0.717, 1.165) is 44.8 Å². The van der Waals surface area contributed by atoms with Gasteiger partial charge in [-0.05, 0) is 68.4 Å². The molecule has 30 heavy (non-hydrogen) atoms. The number of nitrogens with one attached hydrogen (secondary N) is 2. The first-order valence-electron chi connectivity index (χ1n) is 10.5. The molecule has 2 aromatic rings. The molecule has 0 unspecified atom stereocenters. The molecule has 162 valence electrons. The van der Waals surface area contributed by atoms with E-state index < -0.39 is 21.7 Å². The lowest BCUT2D eigenvalue weighted by Gasteiger charge is -2.32. The predicted molar refractivity (Wildman–Crippen MR) is 112 cm³/mol. The minimum atomic E-state index is -3.65. The van der Waals surface area contributed by atoms with Crippen molar-refractivity contribution in [2.45, 2.75) is 55.5 Å². The fraction of sp³-hybridized carbons (Fsp3) is 0.455. The van der Waals surface area contributed by atoms with E-state index in [9.17, 15) is 17.2 Å². The summed E-state index contributed by atoms with van der Waals surface area (Å²) >= 11 is 0. The smallest absolute Gasteiger partial charge is 0.240 e. The van der Waals surface area contributed by atoms with E-state index in [4.69, 9.17) is 0 Å². The highest BCUT2D eigenvalue weighted by Gasteiger charge is 2.27. The summed E-state index contributed by atoms with van der Waals surface area (Å²) in [5.41, 5.74) is 4.30. The number of nitrogens with zero attached hydrogens (tertiary/aromatic N) is 1. The van der Waals surface area contributed by atoms with Crippen molar-refractivity contribution in [1.82, 2.24) is 15.2 Å². The predicted octanol–water partition coefficient (Wildman–Crippen LogP) is 3.82. The largest absolute Gasteiger partial charge is 0.252 e. The molecule has 0 bridgehead atoms.